The van der Waals surface area contributed by atoms with Gasteiger partial charge in [0.25, 0.3) is 0 Å². The molecule has 0 spiro atoms. The SMILES string of the molecule is Brc1ccc(-n2c3ccc(-c4cccc(-c5nc6ccccc6n5-c5ccccc5)c4)cc3c3ncccc32)cn1. The van der Waals surface area contributed by atoms with E-state index in [1.165, 1.54) is 0 Å². The van der Waals surface area contributed by atoms with Gasteiger partial charge in [-0.15, -0.1) is 0 Å². The van der Waals surface area contributed by atoms with Crippen molar-refractivity contribution in [2.75, 3.05) is 0 Å². The van der Waals surface area contributed by atoms with Crippen LogP contribution in [0.1, 0.15) is 0 Å². The van der Waals surface area contributed by atoms with Crippen molar-refractivity contribution in [2.24, 2.45) is 0 Å². The van der Waals surface area contributed by atoms with Crippen LogP contribution >= 0.6 is 15.9 Å². The van der Waals surface area contributed by atoms with Gasteiger partial charge < -0.3 is 4.57 Å². The second kappa shape index (κ2) is 9.54. The van der Waals surface area contributed by atoms with Crippen molar-refractivity contribution in [3.8, 4) is 33.9 Å². The first-order chi connectivity index (χ1) is 20.2. The topological polar surface area (TPSA) is 48.5 Å². The van der Waals surface area contributed by atoms with E-state index in [9.17, 15) is 0 Å². The van der Waals surface area contributed by atoms with Gasteiger partial charge in [0.05, 0.1) is 39.5 Å². The summed E-state index contributed by atoms with van der Waals surface area (Å²) < 4.78 is 5.27. The number of hydrogen-bond acceptors (Lipinski definition) is 3. The molecule has 0 bridgehead atoms. The summed E-state index contributed by atoms with van der Waals surface area (Å²) in [5.74, 6) is 0.918. The molecule has 194 valence electrons. The van der Waals surface area contributed by atoms with E-state index in [-0.39, 0.29) is 0 Å². The molecule has 4 aromatic carbocycles. The summed E-state index contributed by atoms with van der Waals surface area (Å²) in [5, 5.41) is 1.10. The van der Waals surface area contributed by atoms with Gasteiger partial charge in [-0.05, 0) is 93.8 Å². The number of fused-ring (bicyclic) bond motifs is 4. The summed E-state index contributed by atoms with van der Waals surface area (Å²) in [6.45, 7) is 0. The molecule has 8 rings (SSSR count). The normalized spacial score (nSPS) is 11.5. The minimum atomic E-state index is 0.808. The quantitative estimate of drug-likeness (QED) is 0.192. The number of aromatic nitrogens is 5. The lowest BCUT2D eigenvalue weighted by Crippen LogP contribution is -1.97. The maximum Gasteiger partial charge on any atom is 0.145 e. The molecule has 4 aromatic heterocycles. The number of para-hydroxylation sites is 3. The van der Waals surface area contributed by atoms with E-state index >= 15 is 0 Å². The van der Waals surface area contributed by atoms with Gasteiger partial charge in [-0.2, -0.15) is 0 Å². The highest BCUT2D eigenvalue weighted by Gasteiger charge is 2.17. The number of imidazole rings is 1. The molecule has 41 heavy (non-hydrogen) atoms. The third-order valence-corrected chi connectivity index (χ3v) is 7.99. The summed E-state index contributed by atoms with van der Waals surface area (Å²) in [6, 6.07) is 42.1. The van der Waals surface area contributed by atoms with Crippen LogP contribution in [0.25, 0.3) is 66.9 Å². The standard InChI is InChI=1S/C35H22BrN5/c36-33-18-16-27(22-38-33)40-30-17-15-24(21-28(30)34-32(40)14-7-19-37-34)23-8-6-9-25(20-23)35-39-29-12-4-5-13-31(29)41(35)26-10-2-1-3-11-26/h1-22H. The van der Waals surface area contributed by atoms with E-state index in [0.29, 0.717) is 0 Å². The maximum absolute atomic E-state index is 5.07. The van der Waals surface area contributed by atoms with Crippen molar-refractivity contribution in [1.82, 2.24) is 24.1 Å². The zero-order valence-corrected chi connectivity index (χ0v) is 23.4. The first-order valence-electron chi connectivity index (χ1n) is 13.4. The molecule has 6 heteroatoms. The lowest BCUT2D eigenvalue weighted by atomic mass is 10.0. The average molecular weight is 593 g/mol. The Morgan fingerprint density at radius 2 is 1.34 bits per heavy atom. The Morgan fingerprint density at radius 1 is 0.537 bits per heavy atom. The molecule has 0 N–H and O–H groups in total. The number of halogens is 1. The predicted octanol–water partition coefficient (Wildman–Crippen LogP) is 9.01. The smallest absolute Gasteiger partial charge is 0.145 e. The molecule has 4 heterocycles. The summed E-state index contributed by atoms with van der Waals surface area (Å²) in [7, 11) is 0. The molecule has 0 unspecified atom stereocenters. The Morgan fingerprint density at radius 3 is 2.22 bits per heavy atom. The molecule has 0 atom stereocenters. The van der Waals surface area contributed by atoms with E-state index in [0.717, 1.165) is 71.5 Å². The summed E-state index contributed by atoms with van der Waals surface area (Å²) >= 11 is 3.46. The second-order valence-corrected chi connectivity index (χ2v) is 10.8. The Bertz CT molecular complexity index is 2210. The minimum Gasteiger partial charge on any atom is -0.306 e. The Balaban J connectivity index is 1.30. The number of pyridine rings is 2. The summed E-state index contributed by atoms with van der Waals surface area (Å²) in [6.07, 6.45) is 3.74. The lowest BCUT2D eigenvalue weighted by Gasteiger charge is -2.11. The number of hydrogen-bond donors (Lipinski definition) is 0. The molecule has 5 nitrogen and oxygen atoms in total. The maximum atomic E-state index is 5.07. The van der Waals surface area contributed by atoms with Crippen LogP contribution in [0, 0.1) is 0 Å². The van der Waals surface area contributed by atoms with Gasteiger partial charge in [-0.3, -0.25) is 9.55 Å². The largest absolute Gasteiger partial charge is 0.306 e. The van der Waals surface area contributed by atoms with Crippen molar-refractivity contribution in [1.29, 1.82) is 0 Å². The fourth-order valence-electron chi connectivity index (χ4n) is 5.69. The van der Waals surface area contributed by atoms with Crippen molar-refractivity contribution >= 4 is 48.9 Å². The van der Waals surface area contributed by atoms with Crippen LogP contribution in [-0.4, -0.2) is 24.1 Å². The molecule has 0 radical (unpaired) electrons. The van der Waals surface area contributed by atoms with E-state index < -0.39 is 0 Å². The van der Waals surface area contributed by atoms with Crippen LogP contribution in [0.5, 0.6) is 0 Å². The molecule has 0 aliphatic carbocycles. The molecule has 0 aliphatic heterocycles. The summed E-state index contributed by atoms with van der Waals surface area (Å²) in [4.78, 5) is 14.3. The van der Waals surface area contributed by atoms with Gasteiger partial charge in [0, 0.05) is 22.8 Å². The Hall–Kier alpha value is -5.07. The molecule has 0 saturated carbocycles. The average Bonchev–Trinajstić information content (AvgIpc) is 3.58. The highest BCUT2D eigenvalue weighted by molar-refractivity contribution is 9.10. The van der Waals surface area contributed by atoms with Gasteiger partial charge in [0.2, 0.25) is 0 Å². The van der Waals surface area contributed by atoms with Gasteiger partial charge in [-0.1, -0.05) is 54.6 Å². The Labute approximate surface area is 244 Å². The first-order valence-corrected chi connectivity index (χ1v) is 14.2. The molecular formula is C35H22BrN5. The molecule has 0 saturated heterocycles. The van der Waals surface area contributed by atoms with E-state index in [4.69, 9.17) is 9.97 Å². The number of rotatable bonds is 4. The van der Waals surface area contributed by atoms with Crippen LogP contribution in [0.4, 0.5) is 0 Å². The fraction of sp³-hybridized carbons (Fsp3) is 0. The molecule has 0 amide bonds. The monoisotopic (exact) mass is 591 g/mol. The van der Waals surface area contributed by atoms with Crippen LogP contribution in [-0.2, 0) is 0 Å². The second-order valence-electron chi connectivity index (χ2n) is 9.95. The molecule has 0 fully saturated rings. The third-order valence-electron chi connectivity index (χ3n) is 7.52. The van der Waals surface area contributed by atoms with Crippen LogP contribution in [0.3, 0.4) is 0 Å². The minimum absolute atomic E-state index is 0.808. The lowest BCUT2D eigenvalue weighted by molar-refractivity contribution is 1.10. The van der Waals surface area contributed by atoms with Gasteiger partial charge >= 0.3 is 0 Å². The van der Waals surface area contributed by atoms with Crippen molar-refractivity contribution in [3.05, 3.63) is 138 Å². The van der Waals surface area contributed by atoms with Crippen molar-refractivity contribution in [3.63, 3.8) is 0 Å². The van der Waals surface area contributed by atoms with E-state index in [2.05, 4.69) is 127 Å². The summed E-state index contributed by atoms with van der Waals surface area (Å²) in [5.41, 5.74) is 10.6. The zero-order valence-electron chi connectivity index (χ0n) is 21.8. The molecular weight excluding hydrogens is 570 g/mol. The fourth-order valence-corrected chi connectivity index (χ4v) is 5.92. The van der Waals surface area contributed by atoms with Crippen LogP contribution < -0.4 is 0 Å². The highest BCUT2D eigenvalue weighted by atomic mass is 79.9. The number of nitrogens with zero attached hydrogens (tertiary/aromatic N) is 5. The van der Waals surface area contributed by atoms with Crippen molar-refractivity contribution < 1.29 is 0 Å². The van der Waals surface area contributed by atoms with Crippen LogP contribution in [0.15, 0.2) is 138 Å². The first kappa shape index (κ1) is 23.8. The van der Waals surface area contributed by atoms with E-state index in [1.807, 2.05) is 36.7 Å². The predicted molar refractivity (Wildman–Crippen MR) is 170 cm³/mol. The van der Waals surface area contributed by atoms with Gasteiger partial charge in [0.15, 0.2) is 0 Å². The van der Waals surface area contributed by atoms with E-state index in [1.54, 1.807) is 0 Å². The number of benzene rings is 4. The highest BCUT2D eigenvalue weighted by Crippen LogP contribution is 2.36. The van der Waals surface area contributed by atoms with Gasteiger partial charge in [0.1, 0.15) is 10.4 Å². The Kier molecular flexibility index (Phi) is 5.53. The molecule has 0 aliphatic rings. The zero-order chi connectivity index (χ0) is 27.3. The third kappa shape index (κ3) is 3.95. The van der Waals surface area contributed by atoms with Crippen LogP contribution in [0.2, 0.25) is 0 Å². The van der Waals surface area contributed by atoms with Crippen molar-refractivity contribution in [2.45, 2.75) is 0 Å². The molecule has 8 aromatic rings. The van der Waals surface area contributed by atoms with Gasteiger partial charge in [-0.25, -0.2) is 9.97 Å².